The van der Waals surface area contributed by atoms with Crippen LogP contribution in [0.1, 0.15) is 5.56 Å². The summed E-state index contributed by atoms with van der Waals surface area (Å²) in [6.45, 7) is 0. The third-order valence-corrected chi connectivity index (χ3v) is 13.9. The quantitative estimate of drug-likeness (QED) is 0.140. The van der Waals surface area contributed by atoms with Gasteiger partial charge in [0.15, 0.2) is 34.9 Å². The largest absolute Gasteiger partial charge is 0.308 e. The summed E-state index contributed by atoms with van der Waals surface area (Å²) in [6, 6.07) is 80.4. The third kappa shape index (κ3) is 7.63. The molecule has 76 heavy (non-hydrogen) atoms. The molecule has 0 bridgehead atoms. The van der Waals surface area contributed by atoms with Gasteiger partial charge in [-0.1, -0.05) is 188 Å². The molecule has 0 unspecified atom stereocenters. The molecule has 9 aromatic carbocycles. The SMILES string of the molecule is N#Cc1c(-n2c3ccccc3c3ccc(-c4nc(-c5ccccc5)nc(-c5ccccc5)n4)cc32)cc(-c2cccnc2)cc1-n1c2ccccc2c2ccc(-c3nc(-c4ccccc4)nc(-c4ccccc4)n3)cc21. The summed E-state index contributed by atoms with van der Waals surface area (Å²) >= 11 is 0. The van der Waals surface area contributed by atoms with Gasteiger partial charge < -0.3 is 9.13 Å². The van der Waals surface area contributed by atoms with E-state index in [9.17, 15) is 5.26 Å². The molecule has 0 spiro atoms. The molecule has 354 valence electrons. The Morgan fingerprint density at radius 1 is 0.289 bits per heavy atom. The van der Waals surface area contributed by atoms with Crippen molar-refractivity contribution in [1.29, 1.82) is 5.26 Å². The average Bonchev–Trinajstić information content (AvgIpc) is 4.14. The molecule has 0 aliphatic heterocycles. The van der Waals surface area contributed by atoms with Crippen LogP contribution < -0.4 is 0 Å². The standard InChI is InChI=1S/C66H40N10/c67-40-54-59(75-55-29-15-13-27-50(55)52-33-31-46(36-57(52)75)65-71-61(42-18-5-1-6-19-42)69-62(72-65)43-20-7-2-8-21-43)38-49(48-26-17-35-68-41-48)39-60(54)76-56-30-16-14-28-51(56)53-34-32-47(37-58(53)76)66-73-63(44-22-9-3-10-23-44)70-64(74-66)45-24-11-4-12-25-45/h1-39,41H. The Labute approximate surface area is 436 Å². The molecule has 10 nitrogen and oxygen atoms in total. The van der Waals surface area contributed by atoms with E-state index in [0.717, 1.165) is 88.1 Å². The van der Waals surface area contributed by atoms with E-state index in [1.807, 2.05) is 146 Å². The maximum atomic E-state index is 11.8. The van der Waals surface area contributed by atoms with Crippen LogP contribution in [-0.4, -0.2) is 44.0 Å². The number of fused-ring (bicyclic) bond motifs is 6. The Balaban J connectivity index is 1.02. The lowest BCUT2D eigenvalue weighted by atomic mass is 10.0. The van der Waals surface area contributed by atoms with Gasteiger partial charge in [0.2, 0.25) is 0 Å². The lowest BCUT2D eigenvalue weighted by Gasteiger charge is -2.18. The molecule has 0 saturated carbocycles. The molecule has 0 aliphatic carbocycles. The second-order valence-electron chi connectivity index (χ2n) is 18.5. The Morgan fingerprint density at radius 2 is 0.632 bits per heavy atom. The van der Waals surface area contributed by atoms with Gasteiger partial charge in [0.1, 0.15) is 11.6 Å². The summed E-state index contributed by atoms with van der Waals surface area (Å²) in [5.41, 5.74) is 12.5. The molecule has 10 heteroatoms. The molecule has 0 N–H and O–H groups in total. The Morgan fingerprint density at radius 3 is 1.00 bits per heavy atom. The molecule has 0 amide bonds. The lowest BCUT2D eigenvalue weighted by molar-refractivity contribution is 1.07. The fraction of sp³-hybridized carbons (Fsp3) is 0. The van der Waals surface area contributed by atoms with Gasteiger partial charge in [0, 0.05) is 72.9 Å². The van der Waals surface area contributed by atoms with Crippen LogP contribution in [0.3, 0.4) is 0 Å². The van der Waals surface area contributed by atoms with Gasteiger partial charge in [-0.05, 0) is 48.0 Å². The van der Waals surface area contributed by atoms with Crippen molar-refractivity contribution in [3.05, 3.63) is 248 Å². The highest BCUT2D eigenvalue weighted by atomic mass is 15.1. The van der Waals surface area contributed by atoms with E-state index in [0.29, 0.717) is 51.9 Å². The number of para-hydroxylation sites is 2. The van der Waals surface area contributed by atoms with Crippen LogP contribution in [0, 0.1) is 11.3 Å². The van der Waals surface area contributed by atoms with E-state index in [1.165, 1.54) is 0 Å². The van der Waals surface area contributed by atoms with Gasteiger partial charge >= 0.3 is 0 Å². The highest BCUT2D eigenvalue weighted by Gasteiger charge is 2.24. The van der Waals surface area contributed by atoms with Crippen molar-refractivity contribution in [2.75, 3.05) is 0 Å². The van der Waals surface area contributed by atoms with Crippen molar-refractivity contribution in [3.63, 3.8) is 0 Å². The zero-order chi connectivity index (χ0) is 50.5. The van der Waals surface area contributed by atoms with E-state index in [4.69, 9.17) is 29.9 Å². The number of hydrogen-bond donors (Lipinski definition) is 0. The second kappa shape index (κ2) is 18.4. The first-order valence-corrected chi connectivity index (χ1v) is 24.9. The topological polar surface area (TPSA) is 124 Å². The molecule has 0 aliphatic rings. The van der Waals surface area contributed by atoms with Crippen molar-refractivity contribution in [2.24, 2.45) is 0 Å². The van der Waals surface area contributed by atoms with Crippen molar-refractivity contribution >= 4 is 43.6 Å². The maximum Gasteiger partial charge on any atom is 0.164 e. The molecule has 5 aromatic heterocycles. The predicted octanol–water partition coefficient (Wildman–Crippen LogP) is 15.2. The number of hydrogen-bond acceptors (Lipinski definition) is 8. The first-order chi connectivity index (χ1) is 37.6. The molecule has 0 saturated heterocycles. The first kappa shape index (κ1) is 44.0. The van der Waals surface area contributed by atoms with Gasteiger partial charge in [0.25, 0.3) is 0 Å². The molecular weight excluding hydrogens is 933 g/mol. The monoisotopic (exact) mass is 972 g/mol. The van der Waals surface area contributed by atoms with Gasteiger partial charge in [-0.2, -0.15) is 5.26 Å². The molecule has 5 heterocycles. The number of aromatic nitrogens is 9. The van der Waals surface area contributed by atoms with Crippen molar-refractivity contribution in [3.8, 4) is 96.9 Å². The molecule has 14 aromatic rings. The second-order valence-corrected chi connectivity index (χ2v) is 18.5. The lowest BCUT2D eigenvalue weighted by Crippen LogP contribution is -2.06. The van der Waals surface area contributed by atoms with Crippen LogP contribution in [0.5, 0.6) is 0 Å². The van der Waals surface area contributed by atoms with Crippen LogP contribution in [0.15, 0.2) is 243 Å². The average molecular weight is 973 g/mol. The Kier molecular flexibility index (Phi) is 10.6. The van der Waals surface area contributed by atoms with Crippen molar-refractivity contribution in [2.45, 2.75) is 0 Å². The molecule has 14 rings (SSSR count). The molecular formula is C66H40N10. The molecule has 0 atom stereocenters. The van der Waals surface area contributed by atoms with Crippen LogP contribution in [0.2, 0.25) is 0 Å². The van der Waals surface area contributed by atoms with Crippen LogP contribution in [0.25, 0.3) is 134 Å². The molecule has 0 fully saturated rings. The van der Waals surface area contributed by atoms with Crippen molar-refractivity contribution < 1.29 is 0 Å². The van der Waals surface area contributed by atoms with Crippen LogP contribution in [0.4, 0.5) is 0 Å². The summed E-state index contributed by atoms with van der Waals surface area (Å²) in [4.78, 5) is 35.0. The Hall–Kier alpha value is -10.8. The summed E-state index contributed by atoms with van der Waals surface area (Å²) in [7, 11) is 0. The fourth-order valence-corrected chi connectivity index (χ4v) is 10.4. The van der Waals surface area contributed by atoms with Gasteiger partial charge in [-0.3, -0.25) is 4.98 Å². The Bertz CT molecular complexity index is 4190. The minimum atomic E-state index is 0.476. The highest BCUT2D eigenvalue weighted by Crippen LogP contribution is 2.42. The third-order valence-electron chi connectivity index (χ3n) is 13.9. The number of rotatable bonds is 9. The highest BCUT2D eigenvalue weighted by molar-refractivity contribution is 6.12. The number of nitrogens with zero attached hydrogens (tertiary/aromatic N) is 10. The van der Waals surface area contributed by atoms with E-state index in [1.54, 1.807) is 6.20 Å². The zero-order valence-corrected chi connectivity index (χ0v) is 40.6. The van der Waals surface area contributed by atoms with E-state index >= 15 is 0 Å². The summed E-state index contributed by atoms with van der Waals surface area (Å²) in [5, 5.41) is 15.9. The van der Waals surface area contributed by atoms with Gasteiger partial charge in [-0.15, -0.1) is 0 Å². The van der Waals surface area contributed by atoms with Gasteiger partial charge in [0.05, 0.1) is 33.4 Å². The normalized spacial score (nSPS) is 11.4. The number of nitriles is 1. The van der Waals surface area contributed by atoms with E-state index in [-0.39, 0.29) is 0 Å². The van der Waals surface area contributed by atoms with Crippen molar-refractivity contribution in [1.82, 2.24) is 44.0 Å². The molecule has 0 radical (unpaired) electrons. The maximum absolute atomic E-state index is 11.8. The summed E-state index contributed by atoms with van der Waals surface area (Å²) < 4.78 is 4.43. The smallest absolute Gasteiger partial charge is 0.164 e. The number of pyridine rings is 1. The first-order valence-electron chi connectivity index (χ1n) is 24.9. The fourth-order valence-electron chi connectivity index (χ4n) is 10.4. The van der Waals surface area contributed by atoms with E-state index in [2.05, 4.69) is 111 Å². The summed E-state index contributed by atoms with van der Waals surface area (Å²) in [5.74, 6) is 3.35. The zero-order valence-electron chi connectivity index (χ0n) is 40.6. The summed E-state index contributed by atoms with van der Waals surface area (Å²) in [6.07, 6.45) is 3.65. The van der Waals surface area contributed by atoms with Gasteiger partial charge in [-0.25, -0.2) is 29.9 Å². The number of benzene rings is 9. The minimum absolute atomic E-state index is 0.476. The minimum Gasteiger partial charge on any atom is -0.308 e. The predicted molar refractivity (Wildman–Crippen MR) is 302 cm³/mol. The van der Waals surface area contributed by atoms with Crippen LogP contribution in [-0.2, 0) is 0 Å². The van der Waals surface area contributed by atoms with E-state index < -0.39 is 0 Å². The van der Waals surface area contributed by atoms with Crippen LogP contribution >= 0.6 is 0 Å².